The molecule has 36 heavy (non-hydrogen) atoms. The zero-order chi connectivity index (χ0) is 25.4. The number of Topliss-reactive ketones (excluding diaryl/α,β-unsaturated/α-hetero) is 1. The van der Waals surface area contributed by atoms with E-state index in [-0.39, 0.29) is 11.2 Å². The summed E-state index contributed by atoms with van der Waals surface area (Å²) in [5.41, 5.74) is 10.6. The monoisotopic (exact) mass is 504 g/mol. The van der Waals surface area contributed by atoms with Crippen molar-refractivity contribution in [2.24, 2.45) is 11.1 Å². The zero-order valence-electron chi connectivity index (χ0n) is 21.0. The molecule has 0 spiro atoms. The van der Waals surface area contributed by atoms with E-state index in [1.165, 1.54) is 5.56 Å². The molecule has 1 aromatic heterocycles. The average Bonchev–Trinajstić information content (AvgIpc) is 3.31. The number of benzene rings is 1. The van der Waals surface area contributed by atoms with Crippen LogP contribution < -0.4 is 15.4 Å². The van der Waals surface area contributed by atoms with E-state index in [0.29, 0.717) is 29.8 Å². The summed E-state index contributed by atoms with van der Waals surface area (Å²) in [5, 5.41) is 12.4. The number of carbonyl (C=O) groups excluding carboxylic acids is 1. The van der Waals surface area contributed by atoms with Gasteiger partial charge in [0, 0.05) is 47.9 Å². The number of hydrogen-bond donors (Lipinski definition) is 1. The lowest BCUT2D eigenvalue weighted by Gasteiger charge is -2.43. The summed E-state index contributed by atoms with van der Waals surface area (Å²) in [7, 11) is 1.62. The van der Waals surface area contributed by atoms with E-state index < -0.39 is 5.92 Å². The van der Waals surface area contributed by atoms with E-state index in [1.54, 1.807) is 18.4 Å². The number of methoxy groups -OCH3 is 1. The first-order valence-electron chi connectivity index (χ1n) is 12.3. The molecular weight excluding hydrogens is 472 g/mol. The summed E-state index contributed by atoms with van der Waals surface area (Å²) >= 11 is 1.61. The molecule has 3 aliphatic rings. The molecule has 1 fully saturated rings. The van der Waals surface area contributed by atoms with Gasteiger partial charge in [0.05, 0.1) is 37.9 Å². The van der Waals surface area contributed by atoms with Crippen LogP contribution in [0.3, 0.4) is 0 Å². The van der Waals surface area contributed by atoms with Gasteiger partial charge >= 0.3 is 0 Å². The Kier molecular flexibility index (Phi) is 6.64. The molecule has 0 unspecified atom stereocenters. The molecule has 2 N–H and O–H groups in total. The van der Waals surface area contributed by atoms with Crippen molar-refractivity contribution < 1.29 is 14.3 Å². The molecular formula is C28H32N4O3S. The van der Waals surface area contributed by atoms with Gasteiger partial charge < -0.3 is 15.2 Å². The van der Waals surface area contributed by atoms with Crippen molar-refractivity contribution in [2.75, 3.05) is 38.3 Å². The van der Waals surface area contributed by atoms with Crippen LogP contribution in [0, 0.1) is 16.7 Å². The number of allylic oxidation sites excluding steroid dienone is 3. The smallest absolute Gasteiger partial charge is 0.162 e. The summed E-state index contributed by atoms with van der Waals surface area (Å²) in [6, 6.07) is 12.1. The number of ketones is 1. The maximum Gasteiger partial charge on any atom is 0.162 e. The van der Waals surface area contributed by atoms with Crippen LogP contribution in [-0.4, -0.2) is 44.1 Å². The number of carbonyl (C=O) groups is 1. The van der Waals surface area contributed by atoms with Crippen LogP contribution in [0.4, 0.5) is 5.69 Å². The summed E-state index contributed by atoms with van der Waals surface area (Å²) in [6.07, 6.45) is 1.14. The van der Waals surface area contributed by atoms with Crippen molar-refractivity contribution in [3.05, 3.63) is 68.8 Å². The Morgan fingerprint density at radius 3 is 2.61 bits per heavy atom. The predicted molar refractivity (Wildman–Crippen MR) is 141 cm³/mol. The van der Waals surface area contributed by atoms with Gasteiger partial charge in [0.25, 0.3) is 0 Å². The highest BCUT2D eigenvalue weighted by Gasteiger charge is 2.45. The van der Waals surface area contributed by atoms with Crippen LogP contribution in [-0.2, 0) is 16.1 Å². The molecule has 0 saturated carbocycles. The van der Waals surface area contributed by atoms with Gasteiger partial charge in [-0.2, -0.15) is 5.26 Å². The van der Waals surface area contributed by atoms with Crippen LogP contribution in [0.25, 0.3) is 0 Å². The van der Waals surface area contributed by atoms with E-state index >= 15 is 0 Å². The fourth-order valence-corrected chi connectivity index (χ4v) is 6.49. The van der Waals surface area contributed by atoms with Crippen LogP contribution in [0.2, 0.25) is 0 Å². The molecule has 5 rings (SSSR count). The Morgan fingerprint density at radius 2 is 1.94 bits per heavy atom. The Morgan fingerprint density at radius 1 is 1.22 bits per heavy atom. The first-order chi connectivity index (χ1) is 17.3. The largest absolute Gasteiger partial charge is 0.497 e. The predicted octanol–water partition coefficient (Wildman–Crippen LogP) is 4.53. The standard InChI is InChI=1S/C28H32N4O3S/c1-28(2)13-22-26(23(33)14-28)25(24-12-18(17-36-24)16-31-8-10-35-11-9-31)21(15-29)27(30)32(22)19-4-6-20(34-3)7-5-19/h4-7,12,17,25H,8-11,13-14,16,30H2,1-3H3/t25-/m0/s1. The maximum absolute atomic E-state index is 13.7. The van der Waals surface area contributed by atoms with Gasteiger partial charge in [-0.25, -0.2) is 0 Å². The summed E-state index contributed by atoms with van der Waals surface area (Å²) in [5.74, 6) is 0.775. The highest BCUT2D eigenvalue weighted by molar-refractivity contribution is 7.10. The van der Waals surface area contributed by atoms with Crippen LogP contribution >= 0.6 is 11.3 Å². The molecule has 2 aliphatic heterocycles. The van der Waals surface area contributed by atoms with Crippen molar-refractivity contribution in [3.8, 4) is 11.8 Å². The van der Waals surface area contributed by atoms with E-state index in [1.807, 2.05) is 29.2 Å². The van der Waals surface area contributed by atoms with Crippen molar-refractivity contribution in [2.45, 2.75) is 39.2 Å². The highest BCUT2D eigenvalue weighted by Crippen LogP contribution is 2.51. The van der Waals surface area contributed by atoms with E-state index in [4.69, 9.17) is 15.2 Å². The van der Waals surface area contributed by atoms with E-state index in [2.05, 4.69) is 36.3 Å². The minimum absolute atomic E-state index is 0.0909. The Hall–Kier alpha value is -3.12. The number of nitrogens with zero attached hydrogens (tertiary/aromatic N) is 3. The third kappa shape index (κ3) is 4.55. The molecule has 0 amide bonds. The number of ether oxygens (including phenoxy) is 2. The molecule has 188 valence electrons. The van der Waals surface area contributed by atoms with E-state index in [9.17, 15) is 10.1 Å². The van der Waals surface area contributed by atoms with Gasteiger partial charge in [0.2, 0.25) is 0 Å². The third-order valence-corrected chi connectivity index (χ3v) is 8.23. The Balaban J connectivity index is 1.59. The Labute approximate surface area is 216 Å². The van der Waals surface area contributed by atoms with Crippen molar-refractivity contribution in [1.29, 1.82) is 5.26 Å². The van der Waals surface area contributed by atoms with Crippen LogP contribution in [0.5, 0.6) is 5.75 Å². The number of anilines is 1. The second-order valence-electron chi connectivity index (χ2n) is 10.4. The first kappa shape index (κ1) is 24.6. The topological polar surface area (TPSA) is 91.8 Å². The fourth-order valence-electron chi connectivity index (χ4n) is 5.47. The first-order valence-corrected chi connectivity index (χ1v) is 13.2. The molecule has 8 heteroatoms. The number of hydrogen-bond acceptors (Lipinski definition) is 8. The quantitative estimate of drug-likeness (QED) is 0.640. The van der Waals surface area contributed by atoms with Gasteiger partial charge in [0.15, 0.2) is 5.78 Å². The molecule has 7 nitrogen and oxygen atoms in total. The molecule has 1 saturated heterocycles. The SMILES string of the molecule is COc1ccc(N2C(N)=C(C#N)[C@@H](c3cc(CN4CCOCC4)cs3)C3=C2CC(C)(C)CC3=O)cc1. The average molecular weight is 505 g/mol. The van der Waals surface area contributed by atoms with Gasteiger partial charge in [-0.15, -0.1) is 11.3 Å². The maximum atomic E-state index is 13.7. The van der Waals surface area contributed by atoms with Gasteiger partial charge in [0.1, 0.15) is 11.6 Å². The molecule has 0 radical (unpaired) electrons. The summed E-state index contributed by atoms with van der Waals surface area (Å²) < 4.78 is 10.8. The second-order valence-corrected chi connectivity index (χ2v) is 11.4. The van der Waals surface area contributed by atoms with Crippen molar-refractivity contribution in [3.63, 3.8) is 0 Å². The van der Waals surface area contributed by atoms with Crippen LogP contribution in [0.1, 0.15) is 43.0 Å². The molecule has 1 atom stereocenters. The number of nitrogens with two attached hydrogens (primary N) is 1. The number of nitriles is 1. The summed E-state index contributed by atoms with van der Waals surface area (Å²) in [4.78, 5) is 19.0. The molecule has 1 aliphatic carbocycles. The summed E-state index contributed by atoms with van der Waals surface area (Å²) in [6.45, 7) is 8.37. The van der Waals surface area contributed by atoms with Gasteiger partial charge in [-0.1, -0.05) is 13.8 Å². The molecule has 1 aromatic carbocycles. The third-order valence-electron chi connectivity index (χ3n) is 7.18. The molecule has 3 heterocycles. The lowest BCUT2D eigenvalue weighted by Crippen LogP contribution is -2.42. The lowest BCUT2D eigenvalue weighted by atomic mass is 9.69. The van der Waals surface area contributed by atoms with Gasteiger partial charge in [-0.3, -0.25) is 14.6 Å². The van der Waals surface area contributed by atoms with Crippen molar-refractivity contribution >= 4 is 22.8 Å². The number of rotatable bonds is 5. The minimum Gasteiger partial charge on any atom is -0.497 e. The van der Waals surface area contributed by atoms with Crippen molar-refractivity contribution in [1.82, 2.24) is 4.90 Å². The lowest BCUT2D eigenvalue weighted by molar-refractivity contribution is -0.118. The highest BCUT2D eigenvalue weighted by atomic mass is 32.1. The minimum atomic E-state index is -0.438. The second kappa shape index (κ2) is 9.74. The fraction of sp³-hybridized carbons (Fsp3) is 0.429. The van der Waals surface area contributed by atoms with Gasteiger partial charge in [-0.05, 0) is 53.1 Å². The Bertz CT molecular complexity index is 1260. The number of morpholine rings is 1. The number of thiophene rings is 1. The molecule has 0 bridgehead atoms. The zero-order valence-corrected chi connectivity index (χ0v) is 21.9. The molecule has 2 aromatic rings. The van der Waals surface area contributed by atoms with E-state index in [0.717, 1.165) is 54.9 Å². The normalized spacial score (nSPS) is 22.4. The van der Waals surface area contributed by atoms with Crippen LogP contribution in [0.15, 0.2) is 58.4 Å².